The van der Waals surface area contributed by atoms with Gasteiger partial charge in [0.15, 0.2) is 5.96 Å². The van der Waals surface area contributed by atoms with Crippen LogP contribution in [-0.2, 0) is 17.2 Å². The lowest BCUT2D eigenvalue weighted by molar-refractivity contribution is 0.460. The number of guanidine groups is 1. The van der Waals surface area contributed by atoms with Crippen molar-refractivity contribution in [2.45, 2.75) is 45.3 Å². The number of halogens is 1. The Morgan fingerprint density at radius 1 is 1.31 bits per heavy atom. The third-order valence-corrected chi connectivity index (χ3v) is 6.43. The molecule has 0 saturated carbocycles. The lowest BCUT2D eigenvalue weighted by Gasteiger charge is -2.22. The van der Waals surface area contributed by atoms with Gasteiger partial charge in [-0.15, -0.1) is 24.0 Å². The van der Waals surface area contributed by atoms with Crippen LogP contribution < -0.4 is 5.32 Å². The standard InChI is InChI=1S/C20H33N3OS.HI/c1-5-21-19(22-12-14-25(24)20(2,3)4)23-13-11-18(16-23)15-17-9-7-6-8-10-17;/h6-10,18H,5,11-16H2,1-4H3,(H,21,22);1H. The molecule has 2 rings (SSSR count). The average molecular weight is 491 g/mol. The molecule has 148 valence electrons. The van der Waals surface area contributed by atoms with E-state index in [1.165, 1.54) is 12.0 Å². The molecule has 0 aliphatic carbocycles. The van der Waals surface area contributed by atoms with Crippen LogP contribution in [0.25, 0.3) is 0 Å². The molecule has 1 saturated heterocycles. The van der Waals surface area contributed by atoms with E-state index in [0.29, 0.717) is 18.2 Å². The Kier molecular flexibility index (Phi) is 10.1. The van der Waals surface area contributed by atoms with Crippen LogP contribution in [0.3, 0.4) is 0 Å². The monoisotopic (exact) mass is 491 g/mol. The summed E-state index contributed by atoms with van der Waals surface area (Å²) >= 11 is 0. The fraction of sp³-hybridized carbons (Fsp3) is 0.650. The molecule has 1 heterocycles. The lowest BCUT2D eigenvalue weighted by Crippen LogP contribution is -2.40. The van der Waals surface area contributed by atoms with E-state index in [9.17, 15) is 4.21 Å². The molecule has 6 heteroatoms. The molecule has 0 aromatic heterocycles. The summed E-state index contributed by atoms with van der Waals surface area (Å²) in [5.41, 5.74) is 1.41. The van der Waals surface area contributed by atoms with E-state index in [2.05, 4.69) is 47.5 Å². The SMILES string of the molecule is CCNC(=NCCS(=O)C(C)(C)C)N1CCC(Cc2ccccc2)C1.I. The maximum atomic E-state index is 12.2. The number of nitrogens with zero attached hydrogens (tertiary/aromatic N) is 2. The van der Waals surface area contributed by atoms with Crippen molar-refractivity contribution in [1.82, 2.24) is 10.2 Å². The molecule has 0 radical (unpaired) electrons. The van der Waals surface area contributed by atoms with Crippen molar-refractivity contribution in [3.8, 4) is 0 Å². The zero-order valence-electron chi connectivity index (χ0n) is 16.5. The molecule has 1 fully saturated rings. The molecule has 0 spiro atoms. The molecule has 26 heavy (non-hydrogen) atoms. The van der Waals surface area contributed by atoms with Crippen LogP contribution in [-0.4, -0.2) is 51.7 Å². The Morgan fingerprint density at radius 2 is 2.00 bits per heavy atom. The second-order valence-electron chi connectivity index (χ2n) is 7.69. The fourth-order valence-electron chi connectivity index (χ4n) is 3.11. The Hall–Kier alpha value is -0.630. The fourth-order valence-corrected chi connectivity index (χ4v) is 3.98. The summed E-state index contributed by atoms with van der Waals surface area (Å²) in [5.74, 6) is 2.28. The maximum Gasteiger partial charge on any atom is 0.193 e. The summed E-state index contributed by atoms with van der Waals surface area (Å²) in [6, 6.07) is 10.7. The largest absolute Gasteiger partial charge is 0.357 e. The van der Waals surface area contributed by atoms with Gasteiger partial charge < -0.3 is 10.2 Å². The number of likely N-dealkylation sites (tertiary alicyclic amines) is 1. The highest BCUT2D eigenvalue weighted by Crippen LogP contribution is 2.21. The van der Waals surface area contributed by atoms with E-state index in [4.69, 9.17) is 4.99 Å². The first-order chi connectivity index (χ1) is 11.9. The molecular weight excluding hydrogens is 457 g/mol. The van der Waals surface area contributed by atoms with Gasteiger partial charge in [-0.05, 0) is 52.0 Å². The predicted molar refractivity (Wildman–Crippen MR) is 124 cm³/mol. The van der Waals surface area contributed by atoms with Crippen LogP contribution in [0.5, 0.6) is 0 Å². The van der Waals surface area contributed by atoms with Gasteiger partial charge in [0.05, 0.1) is 6.54 Å². The van der Waals surface area contributed by atoms with Gasteiger partial charge in [0.25, 0.3) is 0 Å². The molecule has 2 unspecified atom stereocenters. The van der Waals surface area contributed by atoms with Crippen LogP contribution in [0.15, 0.2) is 35.3 Å². The van der Waals surface area contributed by atoms with E-state index in [1.54, 1.807) is 0 Å². The molecule has 1 aliphatic heterocycles. The average Bonchev–Trinajstić information content (AvgIpc) is 3.02. The zero-order chi connectivity index (χ0) is 18.3. The first-order valence-corrected chi connectivity index (χ1v) is 10.7. The highest BCUT2D eigenvalue weighted by Gasteiger charge is 2.25. The van der Waals surface area contributed by atoms with Gasteiger partial charge in [-0.2, -0.15) is 0 Å². The number of aliphatic imine (C=N–C) groups is 1. The van der Waals surface area contributed by atoms with Gasteiger partial charge in [0.2, 0.25) is 0 Å². The number of benzene rings is 1. The lowest BCUT2D eigenvalue weighted by atomic mass is 9.99. The first-order valence-electron chi connectivity index (χ1n) is 9.36. The minimum Gasteiger partial charge on any atom is -0.357 e. The maximum absolute atomic E-state index is 12.2. The number of rotatable bonds is 6. The highest BCUT2D eigenvalue weighted by atomic mass is 127. The van der Waals surface area contributed by atoms with Gasteiger partial charge in [-0.3, -0.25) is 9.20 Å². The normalized spacial score (nSPS) is 19.2. The predicted octanol–water partition coefficient (Wildman–Crippen LogP) is 3.68. The highest BCUT2D eigenvalue weighted by molar-refractivity contribution is 14.0. The van der Waals surface area contributed by atoms with Crippen molar-refractivity contribution in [1.29, 1.82) is 0 Å². The number of nitrogens with one attached hydrogen (secondary N) is 1. The van der Waals surface area contributed by atoms with E-state index in [-0.39, 0.29) is 28.7 Å². The number of hydrogen-bond acceptors (Lipinski definition) is 2. The van der Waals surface area contributed by atoms with Gasteiger partial charge in [0.1, 0.15) is 0 Å². The third-order valence-electron chi connectivity index (χ3n) is 4.51. The topological polar surface area (TPSA) is 44.7 Å². The van der Waals surface area contributed by atoms with Crippen molar-refractivity contribution >= 4 is 40.7 Å². The van der Waals surface area contributed by atoms with E-state index in [0.717, 1.165) is 32.0 Å². The minimum atomic E-state index is -0.846. The Bertz CT molecular complexity index is 586. The molecule has 4 nitrogen and oxygen atoms in total. The van der Waals surface area contributed by atoms with Crippen LogP contribution in [0.1, 0.15) is 39.7 Å². The summed E-state index contributed by atoms with van der Waals surface area (Å²) in [5, 5.41) is 3.40. The summed E-state index contributed by atoms with van der Waals surface area (Å²) in [6.45, 7) is 11.7. The number of hydrogen-bond donors (Lipinski definition) is 1. The molecule has 0 bridgehead atoms. The second kappa shape index (κ2) is 11.3. The molecule has 1 aromatic carbocycles. The Labute approximate surface area is 178 Å². The van der Waals surface area contributed by atoms with Crippen molar-refractivity contribution < 1.29 is 4.21 Å². The van der Waals surface area contributed by atoms with Crippen LogP contribution in [0, 0.1) is 5.92 Å². The molecule has 1 aliphatic rings. The van der Waals surface area contributed by atoms with Gasteiger partial charge in [0, 0.05) is 40.9 Å². The van der Waals surface area contributed by atoms with Crippen molar-refractivity contribution in [2.24, 2.45) is 10.9 Å². The van der Waals surface area contributed by atoms with Crippen molar-refractivity contribution in [2.75, 3.05) is 31.9 Å². The molecular formula is C20H34IN3OS. The van der Waals surface area contributed by atoms with Crippen LogP contribution in [0.2, 0.25) is 0 Å². The van der Waals surface area contributed by atoms with Crippen molar-refractivity contribution in [3.05, 3.63) is 35.9 Å². The summed E-state index contributed by atoms with van der Waals surface area (Å²) < 4.78 is 12.0. The minimum absolute atomic E-state index is 0. The molecule has 0 amide bonds. The smallest absolute Gasteiger partial charge is 0.193 e. The van der Waals surface area contributed by atoms with E-state index in [1.807, 2.05) is 20.8 Å². The summed E-state index contributed by atoms with van der Waals surface area (Å²) in [7, 11) is -0.846. The van der Waals surface area contributed by atoms with Crippen LogP contribution in [0.4, 0.5) is 0 Å². The zero-order valence-corrected chi connectivity index (χ0v) is 19.7. The van der Waals surface area contributed by atoms with E-state index < -0.39 is 10.8 Å². The molecule has 2 atom stereocenters. The van der Waals surface area contributed by atoms with Gasteiger partial charge >= 0.3 is 0 Å². The Balaban J connectivity index is 0.00000338. The van der Waals surface area contributed by atoms with Gasteiger partial charge in [-0.25, -0.2) is 0 Å². The van der Waals surface area contributed by atoms with Crippen molar-refractivity contribution in [3.63, 3.8) is 0 Å². The first kappa shape index (κ1) is 23.4. The van der Waals surface area contributed by atoms with Gasteiger partial charge in [-0.1, -0.05) is 30.3 Å². The van der Waals surface area contributed by atoms with Crippen LogP contribution >= 0.6 is 24.0 Å². The second-order valence-corrected chi connectivity index (χ2v) is 10.0. The van der Waals surface area contributed by atoms with E-state index >= 15 is 0 Å². The Morgan fingerprint density at radius 3 is 2.62 bits per heavy atom. The summed E-state index contributed by atoms with van der Waals surface area (Å²) in [4.78, 5) is 7.09. The molecule has 1 aromatic rings. The quantitative estimate of drug-likeness (QED) is 0.375. The third kappa shape index (κ3) is 7.55. The molecule has 1 N–H and O–H groups in total. The summed E-state index contributed by atoms with van der Waals surface area (Å²) in [6.07, 6.45) is 2.33.